The molecule has 68 valence electrons. The van der Waals surface area contributed by atoms with Crippen molar-refractivity contribution >= 4 is 11.6 Å². The van der Waals surface area contributed by atoms with Gasteiger partial charge in [-0.3, -0.25) is 9.59 Å². The normalized spacial score (nSPS) is 36.6. The van der Waals surface area contributed by atoms with Crippen LogP contribution in [-0.4, -0.2) is 22.3 Å². The van der Waals surface area contributed by atoms with Crippen molar-refractivity contribution in [1.82, 2.24) is 0 Å². The summed E-state index contributed by atoms with van der Waals surface area (Å²) in [6.45, 7) is 3.07. The summed E-state index contributed by atoms with van der Waals surface area (Å²) in [5.74, 6) is -0.639. The first-order valence-corrected chi connectivity index (χ1v) is 4.18. The predicted octanol–water partition coefficient (Wildman–Crippen LogP) is 0.696. The summed E-state index contributed by atoms with van der Waals surface area (Å²) >= 11 is 0. The number of carbonyl (C=O) groups excluding carboxylic acids is 2. The molecule has 0 aliphatic heterocycles. The Morgan fingerprint density at radius 3 is 2.67 bits per heavy atom. The molecule has 0 aromatic carbocycles. The second kappa shape index (κ2) is 2.98. The highest BCUT2D eigenvalue weighted by molar-refractivity contribution is 6.02. The Morgan fingerprint density at radius 2 is 2.25 bits per heavy atom. The van der Waals surface area contributed by atoms with E-state index in [4.69, 9.17) is 0 Å². The van der Waals surface area contributed by atoms with Crippen molar-refractivity contribution in [3.63, 3.8) is 0 Å². The SMILES string of the molecule is CC(=O)C1CCC(C)(O)CC1=O. The molecule has 12 heavy (non-hydrogen) atoms. The average molecular weight is 170 g/mol. The van der Waals surface area contributed by atoms with Crippen LogP contribution in [0.25, 0.3) is 0 Å². The third-order valence-corrected chi connectivity index (χ3v) is 2.41. The first-order chi connectivity index (χ1) is 5.42. The first-order valence-electron chi connectivity index (χ1n) is 4.18. The number of Topliss-reactive ketones (excluding diaryl/α,β-unsaturated/α-hetero) is 2. The van der Waals surface area contributed by atoms with Gasteiger partial charge in [0.1, 0.15) is 11.6 Å². The van der Waals surface area contributed by atoms with Gasteiger partial charge in [-0.05, 0) is 26.7 Å². The summed E-state index contributed by atoms with van der Waals surface area (Å²) in [4.78, 5) is 22.2. The van der Waals surface area contributed by atoms with Gasteiger partial charge in [0.15, 0.2) is 0 Å². The number of hydrogen-bond donors (Lipinski definition) is 1. The molecule has 3 nitrogen and oxygen atoms in total. The molecule has 2 atom stereocenters. The first kappa shape index (κ1) is 9.39. The lowest BCUT2D eigenvalue weighted by molar-refractivity contribution is -0.138. The Labute approximate surface area is 71.8 Å². The van der Waals surface area contributed by atoms with Crippen molar-refractivity contribution in [2.75, 3.05) is 0 Å². The van der Waals surface area contributed by atoms with Crippen LogP contribution in [-0.2, 0) is 9.59 Å². The summed E-state index contributed by atoms with van der Waals surface area (Å²) < 4.78 is 0. The molecule has 0 radical (unpaired) electrons. The summed E-state index contributed by atoms with van der Waals surface area (Å²) in [5.41, 5.74) is -0.886. The van der Waals surface area contributed by atoms with E-state index in [-0.39, 0.29) is 18.0 Å². The zero-order chi connectivity index (χ0) is 9.35. The molecule has 0 aromatic rings. The molecule has 0 aromatic heterocycles. The van der Waals surface area contributed by atoms with Crippen LogP contribution in [0.15, 0.2) is 0 Å². The van der Waals surface area contributed by atoms with Crippen molar-refractivity contribution in [3.05, 3.63) is 0 Å². The van der Waals surface area contributed by atoms with Gasteiger partial charge in [-0.1, -0.05) is 0 Å². The van der Waals surface area contributed by atoms with Gasteiger partial charge in [0, 0.05) is 6.42 Å². The van der Waals surface area contributed by atoms with Crippen molar-refractivity contribution in [3.8, 4) is 0 Å². The molecule has 1 rings (SSSR count). The van der Waals surface area contributed by atoms with E-state index in [9.17, 15) is 14.7 Å². The van der Waals surface area contributed by atoms with E-state index < -0.39 is 11.5 Å². The van der Waals surface area contributed by atoms with Crippen LogP contribution in [0.1, 0.15) is 33.1 Å². The van der Waals surface area contributed by atoms with E-state index in [1.165, 1.54) is 6.92 Å². The smallest absolute Gasteiger partial charge is 0.146 e. The van der Waals surface area contributed by atoms with Crippen LogP contribution >= 0.6 is 0 Å². The monoisotopic (exact) mass is 170 g/mol. The Bertz CT molecular complexity index is 218. The van der Waals surface area contributed by atoms with Gasteiger partial charge < -0.3 is 5.11 Å². The van der Waals surface area contributed by atoms with Gasteiger partial charge in [0.2, 0.25) is 0 Å². The molecule has 1 aliphatic carbocycles. The lowest BCUT2D eigenvalue weighted by Crippen LogP contribution is -2.39. The van der Waals surface area contributed by atoms with Crippen molar-refractivity contribution in [2.45, 2.75) is 38.7 Å². The topological polar surface area (TPSA) is 54.4 Å². The van der Waals surface area contributed by atoms with Crippen LogP contribution in [0, 0.1) is 5.92 Å². The second-order valence-electron chi connectivity index (χ2n) is 3.84. The molecule has 1 aliphatic rings. The maximum Gasteiger partial charge on any atom is 0.146 e. The maximum atomic E-state index is 11.3. The van der Waals surface area contributed by atoms with Gasteiger partial charge >= 0.3 is 0 Å². The molecule has 0 amide bonds. The van der Waals surface area contributed by atoms with Gasteiger partial charge in [0.25, 0.3) is 0 Å². The highest BCUT2D eigenvalue weighted by atomic mass is 16.3. The minimum absolute atomic E-state index is 0.0736. The summed E-state index contributed by atoms with van der Waals surface area (Å²) in [6, 6.07) is 0. The van der Waals surface area contributed by atoms with E-state index in [2.05, 4.69) is 0 Å². The minimum atomic E-state index is -0.886. The van der Waals surface area contributed by atoms with Crippen LogP contribution in [0.4, 0.5) is 0 Å². The zero-order valence-electron chi connectivity index (χ0n) is 7.46. The molecule has 1 saturated carbocycles. The number of hydrogen-bond acceptors (Lipinski definition) is 3. The van der Waals surface area contributed by atoms with Crippen molar-refractivity contribution in [2.24, 2.45) is 5.92 Å². The van der Waals surface area contributed by atoms with Crippen LogP contribution in [0.5, 0.6) is 0 Å². The number of rotatable bonds is 1. The lowest BCUT2D eigenvalue weighted by Gasteiger charge is -2.30. The quantitative estimate of drug-likeness (QED) is 0.589. The number of carbonyl (C=O) groups is 2. The molecule has 0 spiro atoms. The van der Waals surface area contributed by atoms with Crippen molar-refractivity contribution < 1.29 is 14.7 Å². The van der Waals surface area contributed by atoms with Gasteiger partial charge in [-0.25, -0.2) is 0 Å². The summed E-state index contributed by atoms with van der Waals surface area (Å²) in [5, 5.41) is 9.51. The Kier molecular flexibility index (Phi) is 2.33. The van der Waals surface area contributed by atoms with E-state index in [1.54, 1.807) is 6.92 Å². The van der Waals surface area contributed by atoms with Gasteiger partial charge in [0.05, 0.1) is 11.5 Å². The van der Waals surface area contributed by atoms with Gasteiger partial charge in [-0.2, -0.15) is 0 Å². The predicted molar refractivity (Wildman–Crippen MR) is 43.7 cm³/mol. The molecule has 0 bridgehead atoms. The van der Waals surface area contributed by atoms with Crippen LogP contribution in [0.3, 0.4) is 0 Å². The molecule has 0 saturated heterocycles. The second-order valence-corrected chi connectivity index (χ2v) is 3.84. The highest BCUT2D eigenvalue weighted by Gasteiger charge is 2.36. The highest BCUT2D eigenvalue weighted by Crippen LogP contribution is 2.29. The fourth-order valence-corrected chi connectivity index (χ4v) is 1.63. The molecule has 1 fully saturated rings. The molecular formula is C9H14O3. The molecule has 0 heterocycles. The van der Waals surface area contributed by atoms with Crippen LogP contribution in [0.2, 0.25) is 0 Å². The Hall–Kier alpha value is -0.700. The minimum Gasteiger partial charge on any atom is -0.390 e. The fourth-order valence-electron chi connectivity index (χ4n) is 1.63. The third-order valence-electron chi connectivity index (χ3n) is 2.41. The zero-order valence-corrected chi connectivity index (χ0v) is 7.46. The summed E-state index contributed by atoms with van der Waals surface area (Å²) in [6.07, 6.45) is 1.17. The molecule has 2 unspecified atom stereocenters. The number of aliphatic hydroxyl groups is 1. The van der Waals surface area contributed by atoms with E-state index in [0.717, 1.165) is 0 Å². The molecular weight excluding hydrogens is 156 g/mol. The Morgan fingerprint density at radius 1 is 1.67 bits per heavy atom. The lowest BCUT2D eigenvalue weighted by atomic mass is 9.77. The van der Waals surface area contributed by atoms with E-state index in [1.807, 2.05) is 0 Å². The van der Waals surface area contributed by atoms with E-state index in [0.29, 0.717) is 12.8 Å². The Balaban J connectivity index is 2.66. The fraction of sp³-hybridized carbons (Fsp3) is 0.778. The number of ketones is 2. The van der Waals surface area contributed by atoms with Crippen LogP contribution < -0.4 is 0 Å². The molecule has 1 N–H and O–H groups in total. The standard InChI is InChI=1S/C9H14O3/c1-6(10)7-3-4-9(2,12)5-8(7)11/h7,12H,3-5H2,1-2H3. The van der Waals surface area contributed by atoms with E-state index >= 15 is 0 Å². The average Bonchev–Trinajstić information content (AvgIpc) is 1.83. The maximum absolute atomic E-state index is 11.3. The van der Waals surface area contributed by atoms with Crippen molar-refractivity contribution in [1.29, 1.82) is 0 Å². The third kappa shape index (κ3) is 1.91. The molecule has 3 heteroatoms. The largest absolute Gasteiger partial charge is 0.390 e. The van der Waals surface area contributed by atoms with Gasteiger partial charge in [-0.15, -0.1) is 0 Å². The summed E-state index contributed by atoms with van der Waals surface area (Å²) in [7, 11) is 0.